The second kappa shape index (κ2) is 11.1. The predicted molar refractivity (Wildman–Crippen MR) is 141 cm³/mol. The second-order valence-corrected chi connectivity index (χ2v) is 10.2. The lowest BCUT2D eigenvalue weighted by Gasteiger charge is -2.26. The number of hydrogen-bond acceptors (Lipinski definition) is 8. The summed E-state index contributed by atoms with van der Waals surface area (Å²) in [6.45, 7) is 2.60. The highest BCUT2D eigenvalue weighted by Gasteiger charge is 2.26. The van der Waals surface area contributed by atoms with E-state index in [1.165, 1.54) is 11.3 Å². The molecule has 1 fully saturated rings. The number of piperidine rings is 1. The quantitative estimate of drug-likeness (QED) is 0.223. The Morgan fingerprint density at radius 1 is 1.08 bits per heavy atom. The van der Waals surface area contributed by atoms with Gasteiger partial charge < -0.3 is 20.7 Å². The summed E-state index contributed by atoms with van der Waals surface area (Å²) < 4.78 is 57.9. The third-order valence-electron chi connectivity index (χ3n) is 6.04. The van der Waals surface area contributed by atoms with Crippen molar-refractivity contribution in [3.63, 3.8) is 0 Å². The number of aromatic nitrogens is 3. The van der Waals surface area contributed by atoms with Crippen molar-refractivity contribution in [2.24, 2.45) is 0 Å². The fourth-order valence-corrected chi connectivity index (χ4v) is 5.15. The molecule has 12 heteroatoms. The number of nitrogens with zero attached hydrogens (tertiary/aromatic N) is 3. The molecule has 0 saturated carbocycles. The summed E-state index contributed by atoms with van der Waals surface area (Å²) in [5.74, 6) is 1.27. The van der Waals surface area contributed by atoms with Gasteiger partial charge in [0.15, 0.2) is 0 Å². The Kier molecular flexibility index (Phi) is 7.61. The molecule has 2 aromatic carbocycles. The summed E-state index contributed by atoms with van der Waals surface area (Å²) in [7, 11) is 0. The van der Waals surface area contributed by atoms with Crippen LogP contribution in [0, 0.1) is 6.92 Å². The molecule has 1 saturated heterocycles. The van der Waals surface area contributed by atoms with Gasteiger partial charge >= 0.3 is 6.18 Å². The third kappa shape index (κ3) is 6.30. The van der Waals surface area contributed by atoms with Gasteiger partial charge in [-0.15, -0.1) is 11.3 Å². The third-order valence-corrected chi connectivity index (χ3v) is 7.01. The van der Waals surface area contributed by atoms with E-state index in [0.29, 0.717) is 53.3 Å². The van der Waals surface area contributed by atoms with Gasteiger partial charge in [0.2, 0.25) is 11.8 Å². The number of ether oxygens (including phenoxy) is 1. The number of fused-ring (bicyclic) bond motifs is 1. The van der Waals surface area contributed by atoms with Crippen LogP contribution in [0.5, 0.6) is 11.6 Å². The Morgan fingerprint density at radius 2 is 1.89 bits per heavy atom. The molecule has 0 spiro atoms. The van der Waals surface area contributed by atoms with Gasteiger partial charge in [-0.1, -0.05) is 24.3 Å². The van der Waals surface area contributed by atoms with E-state index < -0.39 is 18.8 Å². The number of alkyl halides is 4. The van der Waals surface area contributed by atoms with Gasteiger partial charge in [-0.3, -0.25) is 0 Å². The number of hydrogen-bond donors (Lipinski definition) is 3. The van der Waals surface area contributed by atoms with Crippen molar-refractivity contribution < 1.29 is 22.3 Å². The van der Waals surface area contributed by atoms with Gasteiger partial charge in [-0.05, 0) is 25.1 Å². The van der Waals surface area contributed by atoms with Crippen molar-refractivity contribution in [2.75, 3.05) is 30.3 Å². The Morgan fingerprint density at radius 3 is 2.68 bits per heavy atom. The summed E-state index contributed by atoms with van der Waals surface area (Å²) in [4.78, 5) is 14.2. The van der Waals surface area contributed by atoms with Gasteiger partial charge in [-0.2, -0.15) is 13.2 Å². The predicted octanol–water partition coefficient (Wildman–Crippen LogP) is 6.33. The molecule has 1 aliphatic rings. The van der Waals surface area contributed by atoms with Gasteiger partial charge in [-0.25, -0.2) is 19.3 Å². The van der Waals surface area contributed by atoms with Crippen molar-refractivity contribution in [2.45, 2.75) is 38.2 Å². The van der Waals surface area contributed by atoms with Gasteiger partial charge in [0.25, 0.3) is 0 Å². The summed E-state index contributed by atoms with van der Waals surface area (Å²) in [6, 6.07) is 12.4. The number of anilines is 2. The zero-order chi connectivity index (χ0) is 26.7. The minimum atomic E-state index is -4.23. The smallest absolute Gasteiger partial charge is 0.390 e. The molecule has 200 valence electrons. The zero-order valence-electron chi connectivity index (χ0n) is 20.5. The van der Waals surface area contributed by atoms with E-state index in [1.54, 1.807) is 24.4 Å². The minimum absolute atomic E-state index is 0.123. The molecule has 0 radical (unpaired) electrons. The van der Waals surface area contributed by atoms with Gasteiger partial charge in [0, 0.05) is 54.8 Å². The molecule has 0 amide bonds. The normalized spacial score (nSPS) is 17.9. The Balaban J connectivity index is 1.39. The number of halogens is 4. The molecule has 7 nitrogen and oxygen atoms in total. The second-order valence-electron chi connectivity index (χ2n) is 9.02. The number of rotatable bonds is 8. The van der Waals surface area contributed by atoms with Crippen molar-refractivity contribution in [1.29, 1.82) is 0 Å². The van der Waals surface area contributed by atoms with Gasteiger partial charge in [0.05, 0.1) is 17.1 Å². The SMILES string of the molecule is Cc1nc(Oc2ccc(NCCC(F)(F)F)c3ccccc23)c(-c2ccnc(N[C@@H]3CNC[C@@H](F)C3)n2)s1. The number of aryl methyl sites for hydroxylation is 1. The van der Waals surface area contributed by atoms with E-state index in [0.717, 1.165) is 15.8 Å². The molecule has 4 aromatic rings. The zero-order valence-corrected chi connectivity index (χ0v) is 21.3. The fourth-order valence-electron chi connectivity index (χ4n) is 4.33. The van der Waals surface area contributed by atoms with Crippen LogP contribution in [0.1, 0.15) is 17.8 Å². The van der Waals surface area contributed by atoms with Crippen molar-refractivity contribution >= 4 is 33.7 Å². The van der Waals surface area contributed by atoms with Crippen LogP contribution in [-0.2, 0) is 0 Å². The number of nitrogens with one attached hydrogen (secondary N) is 3. The molecular formula is C26H26F4N6OS. The molecule has 1 aliphatic heterocycles. The monoisotopic (exact) mass is 546 g/mol. The van der Waals surface area contributed by atoms with E-state index in [1.807, 2.05) is 31.2 Å². The maximum Gasteiger partial charge on any atom is 0.390 e. The summed E-state index contributed by atoms with van der Waals surface area (Å²) >= 11 is 1.42. The van der Waals surface area contributed by atoms with Crippen LogP contribution in [0.3, 0.4) is 0 Å². The van der Waals surface area contributed by atoms with Crippen molar-refractivity contribution in [1.82, 2.24) is 20.3 Å². The Hall–Kier alpha value is -3.51. The van der Waals surface area contributed by atoms with Crippen molar-refractivity contribution in [3.8, 4) is 22.2 Å². The standard InChI is InChI=1S/C26H26F4N6OS/c1-15-34-24(23(38-15)21-8-10-33-25(36-21)35-17-12-16(27)13-31-14-17)37-22-7-6-20(32-11-9-26(28,29)30)18-4-2-3-5-19(18)22/h2-8,10,16-17,31-32H,9,11-14H2,1H3,(H,33,35,36)/t16-,17-/m0/s1. The lowest BCUT2D eigenvalue weighted by molar-refractivity contribution is -0.131. The van der Waals surface area contributed by atoms with Crippen LogP contribution >= 0.6 is 11.3 Å². The maximum absolute atomic E-state index is 13.8. The molecular weight excluding hydrogens is 520 g/mol. The van der Waals surface area contributed by atoms with Crippen LogP contribution in [0.4, 0.5) is 29.2 Å². The van der Waals surface area contributed by atoms with Crippen LogP contribution in [0.15, 0.2) is 48.7 Å². The van der Waals surface area contributed by atoms with Crippen LogP contribution in [0.25, 0.3) is 21.3 Å². The number of thiazole rings is 1. The van der Waals surface area contributed by atoms with E-state index >= 15 is 0 Å². The topological polar surface area (TPSA) is 84.0 Å². The highest BCUT2D eigenvalue weighted by Crippen LogP contribution is 2.40. The molecule has 3 heterocycles. The molecule has 0 unspecified atom stereocenters. The first-order valence-electron chi connectivity index (χ1n) is 12.2. The van der Waals surface area contributed by atoms with Crippen molar-refractivity contribution in [3.05, 3.63) is 53.7 Å². The van der Waals surface area contributed by atoms with E-state index in [4.69, 9.17) is 4.74 Å². The fraction of sp³-hybridized carbons (Fsp3) is 0.346. The first-order valence-corrected chi connectivity index (χ1v) is 13.0. The lowest BCUT2D eigenvalue weighted by atomic mass is 10.1. The molecule has 0 bridgehead atoms. The first kappa shape index (κ1) is 26.1. The molecule has 2 atom stereocenters. The molecule has 2 aromatic heterocycles. The average Bonchev–Trinajstić information content (AvgIpc) is 3.25. The highest BCUT2D eigenvalue weighted by atomic mass is 32.1. The lowest BCUT2D eigenvalue weighted by Crippen LogP contribution is -2.44. The Bertz CT molecular complexity index is 1410. The van der Waals surface area contributed by atoms with Crippen LogP contribution < -0.4 is 20.7 Å². The van der Waals surface area contributed by atoms with Crippen LogP contribution in [0.2, 0.25) is 0 Å². The van der Waals surface area contributed by atoms with E-state index in [-0.39, 0.29) is 12.6 Å². The summed E-state index contributed by atoms with van der Waals surface area (Å²) in [6.07, 6.45) is -4.08. The number of benzene rings is 2. The molecule has 38 heavy (non-hydrogen) atoms. The van der Waals surface area contributed by atoms with Crippen LogP contribution in [-0.4, -0.2) is 53.0 Å². The maximum atomic E-state index is 13.8. The molecule has 0 aliphatic carbocycles. The first-order chi connectivity index (χ1) is 18.2. The minimum Gasteiger partial charge on any atom is -0.437 e. The van der Waals surface area contributed by atoms with E-state index in [9.17, 15) is 17.6 Å². The largest absolute Gasteiger partial charge is 0.437 e. The Labute approximate surface area is 220 Å². The highest BCUT2D eigenvalue weighted by molar-refractivity contribution is 7.15. The molecule has 3 N–H and O–H groups in total. The summed E-state index contributed by atoms with van der Waals surface area (Å²) in [5, 5.41) is 11.4. The molecule has 5 rings (SSSR count). The van der Waals surface area contributed by atoms with E-state index in [2.05, 4.69) is 30.9 Å². The summed E-state index contributed by atoms with van der Waals surface area (Å²) in [5.41, 5.74) is 1.20. The van der Waals surface area contributed by atoms with Gasteiger partial charge in [0.1, 0.15) is 16.8 Å². The average molecular weight is 547 g/mol.